The molecule has 3 heteroatoms. The van der Waals surface area contributed by atoms with E-state index < -0.39 is 0 Å². The van der Waals surface area contributed by atoms with Gasteiger partial charge in [0.15, 0.2) is 0 Å². The number of hydrogen-bond donors (Lipinski definition) is 1. The molecule has 1 aliphatic heterocycles. The van der Waals surface area contributed by atoms with Crippen LogP contribution in [-0.2, 0) is 4.74 Å². The fraction of sp³-hybridized carbons (Fsp3) is 1.00. The van der Waals surface area contributed by atoms with Crippen LogP contribution in [0, 0.1) is 5.92 Å². The van der Waals surface area contributed by atoms with Gasteiger partial charge in [-0.25, -0.2) is 0 Å². The summed E-state index contributed by atoms with van der Waals surface area (Å²) >= 11 is 0. The molecular formula is C14H28N2O. The first kappa shape index (κ1) is 13.3. The summed E-state index contributed by atoms with van der Waals surface area (Å²) in [5, 5.41) is 3.73. The number of ether oxygens (including phenoxy) is 1. The Kier molecular flexibility index (Phi) is 5.26. The minimum atomic E-state index is 0.705. The second-order valence-corrected chi connectivity index (χ2v) is 5.49. The van der Waals surface area contributed by atoms with Crippen molar-refractivity contribution in [1.29, 1.82) is 0 Å². The van der Waals surface area contributed by atoms with Gasteiger partial charge in [-0.2, -0.15) is 0 Å². The van der Waals surface area contributed by atoms with E-state index in [-0.39, 0.29) is 0 Å². The van der Waals surface area contributed by atoms with Gasteiger partial charge in [-0.15, -0.1) is 0 Å². The summed E-state index contributed by atoms with van der Waals surface area (Å²) in [7, 11) is 0. The highest BCUT2D eigenvalue weighted by atomic mass is 16.5. The number of piperazine rings is 1. The Labute approximate surface area is 106 Å². The first-order valence-corrected chi connectivity index (χ1v) is 7.40. The van der Waals surface area contributed by atoms with E-state index in [4.69, 9.17) is 4.74 Å². The largest absolute Gasteiger partial charge is 0.380 e. The molecule has 1 N–H and O–H groups in total. The van der Waals surface area contributed by atoms with Gasteiger partial charge in [0, 0.05) is 38.3 Å². The van der Waals surface area contributed by atoms with Crippen LogP contribution in [0.15, 0.2) is 0 Å². The maximum absolute atomic E-state index is 5.52. The smallest absolute Gasteiger partial charge is 0.0593 e. The molecule has 2 fully saturated rings. The van der Waals surface area contributed by atoms with Crippen molar-refractivity contribution in [2.45, 2.75) is 51.6 Å². The zero-order valence-corrected chi connectivity index (χ0v) is 11.5. The second kappa shape index (κ2) is 6.72. The first-order valence-electron chi connectivity index (χ1n) is 7.40. The van der Waals surface area contributed by atoms with Gasteiger partial charge in [-0.1, -0.05) is 13.3 Å². The summed E-state index contributed by atoms with van der Waals surface area (Å²) in [5.41, 5.74) is 0. The molecule has 1 heterocycles. The average Bonchev–Trinajstić information content (AvgIpc) is 3.14. The Morgan fingerprint density at radius 2 is 2.12 bits per heavy atom. The molecule has 1 saturated heterocycles. The summed E-state index contributed by atoms with van der Waals surface area (Å²) < 4.78 is 5.52. The van der Waals surface area contributed by atoms with Gasteiger partial charge in [-0.05, 0) is 32.1 Å². The lowest BCUT2D eigenvalue weighted by Gasteiger charge is -2.40. The fourth-order valence-electron chi connectivity index (χ4n) is 2.97. The molecule has 0 aromatic rings. The normalized spacial score (nSPS) is 30.7. The molecule has 1 saturated carbocycles. The molecule has 1 aliphatic carbocycles. The van der Waals surface area contributed by atoms with Crippen LogP contribution < -0.4 is 5.32 Å². The molecule has 2 unspecified atom stereocenters. The van der Waals surface area contributed by atoms with Crippen molar-refractivity contribution >= 4 is 0 Å². The number of hydrogen-bond acceptors (Lipinski definition) is 3. The molecule has 0 spiro atoms. The van der Waals surface area contributed by atoms with Crippen molar-refractivity contribution in [3.8, 4) is 0 Å². The average molecular weight is 240 g/mol. The van der Waals surface area contributed by atoms with Crippen LogP contribution in [0.3, 0.4) is 0 Å². The maximum Gasteiger partial charge on any atom is 0.0593 e. The summed E-state index contributed by atoms with van der Waals surface area (Å²) in [6.07, 6.45) is 5.47. The minimum Gasteiger partial charge on any atom is -0.380 e. The topological polar surface area (TPSA) is 24.5 Å². The summed E-state index contributed by atoms with van der Waals surface area (Å²) in [4.78, 5) is 2.68. The predicted molar refractivity (Wildman–Crippen MR) is 71.3 cm³/mol. The lowest BCUT2D eigenvalue weighted by atomic mass is 10.0. The van der Waals surface area contributed by atoms with Gasteiger partial charge >= 0.3 is 0 Å². The van der Waals surface area contributed by atoms with Crippen molar-refractivity contribution in [3.63, 3.8) is 0 Å². The molecule has 2 atom stereocenters. The summed E-state index contributed by atoms with van der Waals surface area (Å²) in [6.45, 7) is 9.65. The van der Waals surface area contributed by atoms with E-state index in [0.717, 1.165) is 31.7 Å². The Balaban J connectivity index is 1.80. The van der Waals surface area contributed by atoms with Crippen LogP contribution in [0.4, 0.5) is 0 Å². The molecule has 0 amide bonds. The Morgan fingerprint density at radius 1 is 1.29 bits per heavy atom. The van der Waals surface area contributed by atoms with E-state index in [1.807, 2.05) is 0 Å². The molecule has 2 aliphatic rings. The standard InChI is InChI=1S/C14H28N2O/c1-3-5-13-11-16(8-9-17-4-2)14(10-15-13)12-6-7-12/h12-15H,3-11H2,1-2H3. The molecule has 0 aromatic carbocycles. The third-order valence-corrected chi connectivity index (χ3v) is 4.07. The van der Waals surface area contributed by atoms with E-state index in [1.54, 1.807) is 0 Å². The Bertz CT molecular complexity index is 218. The molecule has 3 nitrogen and oxygen atoms in total. The molecule has 100 valence electrons. The van der Waals surface area contributed by atoms with Crippen molar-refractivity contribution in [3.05, 3.63) is 0 Å². The summed E-state index contributed by atoms with van der Waals surface area (Å²) in [5.74, 6) is 0.965. The van der Waals surface area contributed by atoms with Crippen LogP contribution in [0.5, 0.6) is 0 Å². The van der Waals surface area contributed by atoms with E-state index in [0.29, 0.717) is 6.04 Å². The quantitative estimate of drug-likeness (QED) is 0.688. The molecular weight excluding hydrogens is 212 g/mol. The van der Waals surface area contributed by atoms with E-state index in [1.165, 1.54) is 38.8 Å². The first-order chi connectivity index (χ1) is 8.35. The van der Waals surface area contributed by atoms with Crippen molar-refractivity contribution < 1.29 is 4.74 Å². The van der Waals surface area contributed by atoms with Crippen LogP contribution in [0.1, 0.15) is 39.5 Å². The van der Waals surface area contributed by atoms with Crippen LogP contribution >= 0.6 is 0 Å². The highest BCUT2D eigenvalue weighted by Gasteiger charge is 2.38. The molecule has 0 aromatic heterocycles. The lowest BCUT2D eigenvalue weighted by Crippen LogP contribution is -2.57. The SMILES string of the molecule is CCCC1CN(CCOCC)C(C2CC2)CN1. The highest BCUT2D eigenvalue weighted by Crippen LogP contribution is 2.36. The van der Waals surface area contributed by atoms with Crippen molar-refractivity contribution in [1.82, 2.24) is 10.2 Å². The predicted octanol–water partition coefficient (Wildman–Crippen LogP) is 1.88. The highest BCUT2D eigenvalue weighted by molar-refractivity contribution is 4.94. The maximum atomic E-state index is 5.52. The lowest BCUT2D eigenvalue weighted by molar-refractivity contribution is 0.0614. The monoisotopic (exact) mass is 240 g/mol. The van der Waals surface area contributed by atoms with Gasteiger partial charge in [0.1, 0.15) is 0 Å². The van der Waals surface area contributed by atoms with Crippen molar-refractivity contribution in [2.24, 2.45) is 5.92 Å². The van der Waals surface area contributed by atoms with Crippen molar-refractivity contribution in [2.75, 3.05) is 32.8 Å². The second-order valence-electron chi connectivity index (χ2n) is 5.49. The van der Waals surface area contributed by atoms with Gasteiger partial charge in [0.05, 0.1) is 6.61 Å². The number of nitrogens with one attached hydrogen (secondary N) is 1. The zero-order chi connectivity index (χ0) is 12.1. The molecule has 0 bridgehead atoms. The van der Waals surface area contributed by atoms with E-state index in [9.17, 15) is 0 Å². The minimum absolute atomic E-state index is 0.705. The summed E-state index contributed by atoms with van der Waals surface area (Å²) in [6, 6.07) is 1.49. The van der Waals surface area contributed by atoms with Gasteiger partial charge in [0.2, 0.25) is 0 Å². The number of rotatable bonds is 7. The molecule has 17 heavy (non-hydrogen) atoms. The van der Waals surface area contributed by atoms with Gasteiger partial charge in [-0.3, -0.25) is 4.90 Å². The zero-order valence-electron chi connectivity index (χ0n) is 11.5. The Hall–Kier alpha value is -0.120. The van der Waals surface area contributed by atoms with Crippen LogP contribution in [0.25, 0.3) is 0 Å². The molecule has 2 rings (SSSR count). The Morgan fingerprint density at radius 3 is 2.76 bits per heavy atom. The van der Waals surface area contributed by atoms with Gasteiger partial charge < -0.3 is 10.1 Å². The van der Waals surface area contributed by atoms with E-state index in [2.05, 4.69) is 24.1 Å². The fourth-order valence-corrected chi connectivity index (χ4v) is 2.97. The van der Waals surface area contributed by atoms with E-state index >= 15 is 0 Å². The van der Waals surface area contributed by atoms with Gasteiger partial charge in [0.25, 0.3) is 0 Å². The third kappa shape index (κ3) is 3.94. The molecule has 0 radical (unpaired) electrons. The number of nitrogens with zero attached hydrogens (tertiary/aromatic N) is 1. The third-order valence-electron chi connectivity index (χ3n) is 4.07. The van der Waals surface area contributed by atoms with Crippen LogP contribution in [-0.4, -0.2) is 49.8 Å². The van der Waals surface area contributed by atoms with Crippen LogP contribution in [0.2, 0.25) is 0 Å².